The summed E-state index contributed by atoms with van der Waals surface area (Å²) in [5, 5.41) is 5.44. The Balaban J connectivity index is 1.50. The number of aryl methyl sites for hydroxylation is 1. The van der Waals surface area contributed by atoms with Gasteiger partial charge in [0.1, 0.15) is 5.15 Å². The molecule has 0 saturated carbocycles. The first kappa shape index (κ1) is 24.7. The van der Waals surface area contributed by atoms with Crippen molar-refractivity contribution in [3.8, 4) is 5.69 Å². The topological polar surface area (TPSA) is 72.3 Å². The smallest absolute Gasteiger partial charge is 0.243 e. The van der Waals surface area contributed by atoms with Gasteiger partial charge in [-0.2, -0.15) is 9.40 Å². The maximum atomic E-state index is 12.9. The molecular formula is C25H25Cl2N3O3S. The molecule has 1 saturated heterocycles. The van der Waals surface area contributed by atoms with Crippen molar-refractivity contribution < 1.29 is 13.2 Å². The van der Waals surface area contributed by atoms with E-state index in [4.69, 9.17) is 23.2 Å². The Bertz CT molecular complexity index is 1320. The minimum Gasteiger partial charge on any atom is -0.289 e. The van der Waals surface area contributed by atoms with Gasteiger partial charge in [0.15, 0.2) is 5.78 Å². The van der Waals surface area contributed by atoms with Crippen LogP contribution in [0.5, 0.6) is 0 Å². The number of benzene rings is 2. The van der Waals surface area contributed by atoms with Crippen LogP contribution < -0.4 is 0 Å². The van der Waals surface area contributed by atoms with Gasteiger partial charge >= 0.3 is 0 Å². The zero-order chi connectivity index (χ0) is 24.5. The standard InChI is InChI=1S/C25H25Cl2N3O3S/c1-17-13-15-29(16-14-17)34(32,33)22-9-3-19(4-10-22)24(31)12-11-23-18(2)28-30(25(23)27)21-7-5-20(26)6-8-21/h3-12,17H,13-16H2,1-2H3/b12-11+. The Kier molecular flexibility index (Phi) is 7.28. The van der Waals surface area contributed by atoms with Gasteiger partial charge in [-0.3, -0.25) is 4.79 Å². The van der Waals surface area contributed by atoms with E-state index in [-0.39, 0.29) is 10.7 Å². The van der Waals surface area contributed by atoms with Crippen LogP contribution in [-0.2, 0) is 10.0 Å². The zero-order valence-electron chi connectivity index (χ0n) is 18.9. The second kappa shape index (κ2) is 10.0. The van der Waals surface area contributed by atoms with Gasteiger partial charge in [-0.1, -0.05) is 30.1 Å². The monoisotopic (exact) mass is 517 g/mol. The van der Waals surface area contributed by atoms with Crippen molar-refractivity contribution in [3.05, 3.63) is 81.6 Å². The fourth-order valence-corrected chi connectivity index (χ4v) is 5.81. The first-order chi connectivity index (χ1) is 16.2. The first-order valence-corrected chi connectivity index (χ1v) is 13.2. The normalized spacial score (nSPS) is 15.8. The van der Waals surface area contributed by atoms with Crippen LogP contribution in [0.25, 0.3) is 11.8 Å². The molecule has 0 bridgehead atoms. The van der Waals surface area contributed by atoms with Crippen molar-refractivity contribution in [2.45, 2.75) is 31.6 Å². The summed E-state index contributed by atoms with van der Waals surface area (Å²) in [5.74, 6) is 0.277. The molecule has 3 aromatic rings. The second-order valence-electron chi connectivity index (χ2n) is 8.49. The quantitative estimate of drug-likeness (QED) is 0.305. The Morgan fingerprint density at radius 3 is 2.26 bits per heavy atom. The number of hydrogen-bond donors (Lipinski definition) is 0. The Morgan fingerprint density at radius 1 is 1.03 bits per heavy atom. The lowest BCUT2D eigenvalue weighted by Crippen LogP contribution is -2.37. The number of allylic oxidation sites excluding steroid dienone is 1. The van der Waals surface area contributed by atoms with Crippen LogP contribution >= 0.6 is 23.2 Å². The predicted molar refractivity (Wildman–Crippen MR) is 135 cm³/mol. The molecule has 6 nitrogen and oxygen atoms in total. The summed E-state index contributed by atoms with van der Waals surface area (Å²) < 4.78 is 28.9. The van der Waals surface area contributed by atoms with E-state index in [0.29, 0.717) is 46.0 Å². The van der Waals surface area contributed by atoms with Gasteiger partial charge in [0.2, 0.25) is 10.0 Å². The number of ketones is 1. The molecule has 0 aliphatic carbocycles. The van der Waals surface area contributed by atoms with Crippen molar-refractivity contribution >= 4 is 45.1 Å². The number of aromatic nitrogens is 2. The number of sulfonamides is 1. The molecule has 0 spiro atoms. The van der Waals surface area contributed by atoms with E-state index in [0.717, 1.165) is 18.5 Å². The van der Waals surface area contributed by atoms with E-state index < -0.39 is 10.0 Å². The van der Waals surface area contributed by atoms with Gasteiger partial charge in [0.25, 0.3) is 0 Å². The van der Waals surface area contributed by atoms with E-state index in [9.17, 15) is 13.2 Å². The average Bonchev–Trinajstić information content (AvgIpc) is 3.11. The summed E-state index contributed by atoms with van der Waals surface area (Å²) in [6.07, 6.45) is 4.75. The minimum atomic E-state index is -3.55. The number of halogens is 2. The van der Waals surface area contributed by atoms with Crippen molar-refractivity contribution in [2.75, 3.05) is 13.1 Å². The zero-order valence-corrected chi connectivity index (χ0v) is 21.2. The average molecular weight is 518 g/mol. The third-order valence-electron chi connectivity index (χ3n) is 6.04. The first-order valence-electron chi connectivity index (χ1n) is 11.0. The maximum Gasteiger partial charge on any atom is 0.243 e. The molecule has 2 heterocycles. The fraction of sp³-hybridized carbons (Fsp3) is 0.280. The SMILES string of the molecule is Cc1nn(-c2ccc(Cl)cc2)c(Cl)c1/C=C/C(=O)c1ccc(S(=O)(=O)N2CCC(C)CC2)cc1. The molecule has 2 aromatic carbocycles. The number of piperidine rings is 1. The summed E-state index contributed by atoms with van der Waals surface area (Å²) in [7, 11) is -3.55. The van der Waals surface area contributed by atoms with E-state index >= 15 is 0 Å². The molecule has 0 unspecified atom stereocenters. The van der Waals surface area contributed by atoms with E-state index in [1.54, 1.807) is 35.0 Å². The summed E-state index contributed by atoms with van der Waals surface area (Å²) in [4.78, 5) is 12.9. The van der Waals surface area contributed by atoms with Crippen molar-refractivity contribution in [1.29, 1.82) is 0 Å². The highest BCUT2D eigenvalue weighted by Gasteiger charge is 2.28. The lowest BCUT2D eigenvalue weighted by atomic mass is 10.0. The number of carbonyl (C=O) groups excluding carboxylic acids is 1. The molecule has 1 fully saturated rings. The van der Waals surface area contributed by atoms with Crippen molar-refractivity contribution in [3.63, 3.8) is 0 Å². The Morgan fingerprint density at radius 2 is 1.65 bits per heavy atom. The van der Waals surface area contributed by atoms with Gasteiger partial charge in [0.05, 0.1) is 16.3 Å². The highest BCUT2D eigenvalue weighted by Crippen LogP contribution is 2.26. The number of carbonyl (C=O) groups is 1. The van der Waals surface area contributed by atoms with Crippen LogP contribution in [-0.4, -0.2) is 41.4 Å². The molecule has 0 N–H and O–H groups in total. The third kappa shape index (κ3) is 5.13. The molecule has 9 heteroatoms. The molecule has 0 amide bonds. The summed E-state index contributed by atoms with van der Waals surface area (Å²) in [5.41, 5.74) is 2.44. The molecule has 178 valence electrons. The maximum absolute atomic E-state index is 12.9. The lowest BCUT2D eigenvalue weighted by Gasteiger charge is -2.29. The molecule has 1 aliphatic heterocycles. The Hall–Kier alpha value is -2.45. The highest BCUT2D eigenvalue weighted by atomic mass is 35.5. The van der Waals surface area contributed by atoms with Crippen molar-refractivity contribution in [2.24, 2.45) is 5.92 Å². The Labute approximate surface area is 209 Å². The summed E-state index contributed by atoms with van der Waals surface area (Å²) in [6, 6.07) is 13.2. The van der Waals surface area contributed by atoms with Gasteiger partial charge in [-0.25, -0.2) is 13.1 Å². The van der Waals surface area contributed by atoms with Gasteiger partial charge < -0.3 is 0 Å². The molecule has 34 heavy (non-hydrogen) atoms. The summed E-state index contributed by atoms with van der Waals surface area (Å²) in [6.45, 7) is 4.99. The largest absolute Gasteiger partial charge is 0.289 e. The van der Waals surface area contributed by atoms with Crippen molar-refractivity contribution in [1.82, 2.24) is 14.1 Å². The molecule has 0 radical (unpaired) electrons. The van der Waals surface area contributed by atoms with Gasteiger partial charge in [-0.05, 0) is 86.4 Å². The predicted octanol–water partition coefficient (Wildman–Crippen LogP) is 5.80. The van der Waals surface area contributed by atoms with E-state index in [1.807, 2.05) is 6.92 Å². The molecule has 1 aliphatic rings. The second-order valence-corrected chi connectivity index (χ2v) is 11.2. The van der Waals surface area contributed by atoms with Crippen LogP contribution in [0.1, 0.15) is 41.4 Å². The molecule has 0 atom stereocenters. The van der Waals surface area contributed by atoms with Crippen LogP contribution in [0.15, 0.2) is 59.5 Å². The molecule has 4 rings (SSSR count). The van der Waals surface area contributed by atoms with Crippen LogP contribution in [0.2, 0.25) is 10.2 Å². The lowest BCUT2D eigenvalue weighted by molar-refractivity contribution is 0.104. The fourth-order valence-electron chi connectivity index (χ4n) is 3.87. The highest BCUT2D eigenvalue weighted by molar-refractivity contribution is 7.89. The van der Waals surface area contributed by atoms with Crippen LogP contribution in [0.3, 0.4) is 0 Å². The number of rotatable bonds is 6. The number of hydrogen-bond acceptors (Lipinski definition) is 4. The molecular weight excluding hydrogens is 493 g/mol. The number of nitrogens with zero attached hydrogens (tertiary/aromatic N) is 3. The van der Waals surface area contributed by atoms with Crippen LogP contribution in [0, 0.1) is 12.8 Å². The summed E-state index contributed by atoms with van der Waals surface area (Å²) >= 11 is 12.5. The van der Waals surface area contributed by atoms with E-state index in [2.05, 4.69) is 12.0 Å². The van der Waals surface area contributed by atoms with Gasteiger partial charge in [-0.15, -0.1) is 0 Å². The molecule has 1 aromatic heterocycles. The minimum absolute atomic E-state index is 0.200. The van der Waals surface area contributed by atoms with E-state index in [1.165, 1.54) is 34.6 Å². The van der Waals surface area contributed by atoms with Crippen LogP contribution in [0.4, 0.5) is 0 Å². The van der Waals surface area contributed by atoms with Gasteiger partial charge in [0, 0.05) is 29.2 Å². The third-order valence-corrected chi connectivity index (χ3v) is 8.57.